The number of rotatable bonds is 3. The second-order valence-corrected chi connectivity index (χ2v) is 5.01. The number of hydrogen-bond donors (Lipinski definition) is 0. The van der Waals surface area contributed by atoms with Crippen LogP contribution in [0.15, 0.2) is 24.8 Å². The van der Waals surface area contributed by atoms with Crippen molar-refractivity contribution in [1.29, 1.82) is 0 Å². The quantitative estimate of drug-likeness (QED) is 0.783. The van der Waals surface area contributed by atoms with Crippen molar-refractivity contribution in [3.8, 4) is 5.75 Å². The maximum absolute atomic E-state index is 12.3. The van der Waals surface area contributed by atoms with Crippen molar-refractivity contribution in [3.63, 3.8) is 0 Å². The van der Waals surface area contributed by atoms with Gasteiger partial charge in [0.25, 0.3) is 0 Å². The summed E-state index contributed by atoms with van der Waals surface area (Å²) in [6.07, 6.45) is -3.47. The van der Waals surface area contributed by atoms with E-state index >= 15 is 0 Å². The molecule has 0 aromatic heterocycles. The van der Waals surface area contributed by atoms with Gasteiger partial charge in [0.15, 0.2) is 0 Å². The van der Waals surface area contributed by atoms with E-state index < -0.39 is 23.7 Å². The molecular weight excluding hydrogens is 273 g/mol. The predicted octanol–water partition coefficient (Wildman–Crippen LogP) is 4.18. The van der Waals surface area contributed by atoms with Crippen LogP contribution in [-0.4, -0.2) is 17.9 Å². The third-order valence-corrected chi connectivity index (χ3v) is 2.08. The van der Waals surface area contributed by atoms with Gasteiger partial charge < -0.3 is 9.47 Å². The van der Waals surface area contributed by atoms with E-state index in [1.807, 2.05) is 0 Å². The van der Waals surface area contributed by atoms with E-state index in [2.05, 4.69) is 11.3 Å². The van der Waals surface area contributed by atoms with Crippen LogP contribution in [0, 0.1) is 0 Å². The SMILES string of the molecule is C=Cc1ccc(OC(F)(F)F)c(C(=O)OC(C)(C)C)c1. The maximum atomic E-state index is 12.3. The lowest BCUT2D eigenvalue weighted by Gasteiger charge is -2.21. The minimum absolute atomic E-state index is 0.297. The Morgan fingerprint density at radius 3 is 2.30 bits per heavy atom. The molecular formula is C14H15F3O3. The molecule has 0 radical (unpaired) electrons. The average molecular weight is 288 g/mol. The number of carbonyl (C=O) groups is 1. The third kappa shape index (κ3) is 4.95. The third-order valence-electron chi connectivity index (χ3n) is 2.08. The summed E-state index contributed by atoms with van der Waals surface area (Å²) in [6, 6.07) is 3.66. The Hall–Kier alpha value is -1.98. The smallest absolute Gasteiger partial charge is 0.456 e. The molecule has 0 aliphatic rings. The molecule has 1 aromatic carbocycles. The van der Waals surface area contributed by atoms with Crippen molar-refractivity contribution in [3.05, 3.63) is 35.9 Å². The van der Waals surface area contributed by atoms with Gasteiger partial charge in [-0.1, -0.05) is 18.7 Å². The molecule has 1 aromatic rings. The molecule has 0 N–H and O–H groups in total. The molecule has 0 unspecified atom stereocenters. The molecule has 6 heteroatoms. The first kappa shape index (κ1) is 16.1. The van der Waals surface area contributed by atoms with Crippen LogP contribution < -0.4 is 4.74 Å². The van der Waals surface area contributed by atoms with E-state index in [4.69, 9.17) is 4.74 Å². The highest BCUT2D eigenvalue weighted by molar-refractivity contribution is 5.93. The van der Waals surface area contributed by atoms with Crippen LogP contribution in [0.2, 0.25) is 0 Å². The van der Waals surface area contributed by atoms with Gasteiger partial charge in [0.1, 0.15) is 16.9 Å². The van der Waals surface area contributed by atoms with Crippen molar-refractivity contribution >= 4 is 12.0 Å². The molecule has 0 amide bonds. The summed E-state index contributed by atoms with van der Waals surface area (Å²) < 4.78 is 45.8. The number of carbonyl (C=O) groups excluding carboxylic acids is 1. The fourth-order valence-corrected chi connectivity index (χ4v) is 1.38. The highest BCUT2D eigenvalue weighted by atomic mass is 19.4. The zero-order valence-corrected chi connectivity index (χ0v) is 11.4. The molecule has 0 spiro atoms. The van der Waals surface area contributed by atoms with E-state index in [-0.39, 0.29) is 5.56 Å². The maximum Gasteiger partial charge on any atom is 0.573 e. The number of alkyl halides is 3. The topological polar surface area (TPSA) is 35.5 Å². The lowest BCUT2D eigenvalue weighted by atomic mass is 10.1. The Labute approximate surface area is 115 Å². The summed E-state index contributed by atoms with van der Waals surface area (Å²) in [5.74, 6) is -1.49. The highest BCUT2D eigenvalue weighted by Crippen LogP contribution is 2.29. The monoisotopic (exact) mass is 288 g/mol. The van der Waals surface area contributed by atoms with E-state index in [1.54, 1.807) is 20.8 Å². The van der Waals surface area contributed by atoms with Crippen molar-refractivity contribution in [1.82, 2.24) is 0 Å². The van der Waals surface area contributed by atoms with Gasteiger partial charge in [-0.15, -0.1) is 13.2 Å². The molecule has 0 fully saturated rings. The molecule has 0 bridgehead atoms. The van der Waals surface area contributed by atoms with Gasteiger partial charge in [-0.3, -0.25) is 0 Å². The Morgan fingerprint density at radius 2 is 1.85 bits per heavy atom. The summed E-state index contributed by atoms with van der Waals surface area (Å²) in [7, 11) is 0. The Morgan fingerprint density at radius 1 is 1.25 bits per heavy atom. The standard InChI is InChI=1S/C14H15F3O3/c1-5-9-6-7-11(19-14(15,16)17)10(8-9)12(18)20-13(2,3)4/h5-8H,1H2,2-4H3. The van der Waals surface area contributed by atoms with Gasteiger partial charge >= 0.3 is 12.3 Å². The summed E-state index contributed by atoms with van der Waals surface area (Å²) >= 11 is 0. The zero-order valence-electron chi connectivity index (χ0n) is 11.4. The van der Waals surface area contributed by atoms with Crippen LogP contribution in [0.1, 0.15) is 36.7 Å². The Kier molecular flexibility index (Phi) is 4.47. The summed E-state index contributed by atoms with van der Waals surface area (Å²) in [5.41, 5.74) is -0.633. The minimum atomic E-state index is -4.88. The van der Waals surface area contributed by atoms with E-state index in [1.165, 1.54) is 18.2 Å². The second kappa shape index (κ2) is 5.56. The Bertz CT molecular complexity index is 513. The highest BCUT2D eigenvalue weighted by Gasteiger charge is 2.33. The number of esters is 1. The van der Waals surface area contributed by atoms with Crippen LogP contribution in [0.25, 0.3) is 6.08 Å². The molecule has 0 saturated carbocycles. The molecule has 0 heterocycles. The molecule has 1 rings (SSSR count). The Balaban J connectivity index is 3.19. The molecule has 0 aliphatic heterocycles. The van der Waals surface area contributed by atoms with Gasteiger partial charge in [-0.25, -0.2) is 4.79 Å². The molecule has 3 nitrogen and oxygen atoms in total. The van der Waals surface area contributed by atoms with E-state index in [0.717, 1.165) is 6.07 Å². The molecule has 20 heavy (non-hydrogen) atoms. The predicted molar refractivity (Wildman–Crippen MR) is 68.4 cm³/mol. The number of ether oxygens (including phenoxy) is 2. The molecule has 0 saturated heterocycles. The van der Waals surface area contributed by atoms with Gasteiger partial charge in [-0.05, 0) is 38.5 Å². The summed E-state index contributed by atoms with van der Waals surface area (Å²) in [5, 5.41) is 0. The van der Waals surface area contributed by atoms with Crippen molar-refractivity contribution in [2.24, 2.45) is 0 Å². The molecule has 110 valence electrons. The number of halogens is 3. The van der Waals surface area contributed by atoms with E-state index in [0.29, 0.717) is 5.56 Å². The van der Waals surface area contributed by atoms with Gasteiger partial charge in [0.2, 0.25) is 0 Å². The molecule has 0 aliphatic carbocycles. The summed E-state index contributed by atoms with van der Waals surface area (Å²) in [6.45, 7) is 8.35. The van der Waals surface area contributed by atoms with Crippen LogP contribution in [0.3, 0.4) is 0 Å². The lowest BCUT2D eigenvalue weighted by Crippen LogP contribution is -2.25. The zero-order chi connectivity index (χ0) is 15.6. The van der Waals surface area contributed by atoms with E-state index in [9.17, 15) is 18.0 Å². The lowest BCUT2D eigenvalue weighted by molar-refractivity contribution is -0.274. The van der Waals surface area contributed by atoms with Crippen LogP contribution >= 0.6 is 0 Å². The first-order chi connectivity index (χ1) is 9.02. The molecule has 0 atom stereocenters. The first-order valence-electron chi connectivity index (χ1n) is 5.77. The fraction of sp³-hybridized carbons (Fsp3) is 0.357. The van der Waals surface area contributed by atoms with Crippen LogP contribution in [-0.2, 0) is 4.74 Å². The van der Waals surface area contributed by atoms with Crippen molar-refractivity contribution in [2.75, 3.05) is 0 Å². The second-order valence-electron chi connectivity index (χ2n) is 5.01. The van der Waals surface area contributed by atoms with Gasteiger partial charge in [0, 0.05) is 0 Å². The van der Waals surface area contributed by atoms with Crippen LogP contribution in [0.5, 0.6) is 5.75 Å². The fourth-order valence-electron chi connectivity index (χ4n) is 1.38. The van der Waals surface area contributed by atoms with Crippen molar-refractivity contribution < 1.29 is 27.4 Å². The van der Waals surface area contributed by atoms with Gasteiger partial charge in [0.05, 0.1) is 0 Å². The van der Waals surface area contributed by atoms with Crippen molar-refractivity contribution in [2.45, 2.75) is 32.7 Å². The largest absolute Gasteiger partial charge is 0.573 e. The first-order valence-corrected chi connectivity index (χ1v) is 5.77. The summed E-state index contributed by atoms with van der Waals surface area (Å²) in [4.78, 5) is 11.9. The minimum Gasteiger partial charge on any atom is -0.456 e. The van der Waals surface area contributed by atoms with Crippen LogP contribution in [0.4, 0.5) is 13.2 Å². The average Bonchev–Trinajstić information content (AvgIpc) is 2.25. The normalized spacial score (nSPS) is 11.9. The number of benzene rings is 1. The van der Waals surface area contributed by atoms with Gasteiger partial charge in [-0.2, -0.15) is 0 Å². The number of hydrogen-bond acceptors (Lipinski definition) is 3.